The first-order chi connectivity index (χ1) is 12.2. The Kier molecular flexibility index (Phi) is 3.95. The van der Waals surface area contributed by atoms with Crippen LogP contribution in [-0.2, 0) is 0 Å². The Morgan fingerprint density at radius 1 is 1.04 bits per heavy atom. The fraction of sp³-hybridized carbons (Fsp3) is 0.0556. The molecular weight excluding hydrogens is 338 g/mol. The van der Waals surface area contributed by atoms with Gasteiger partial charge in [0.15, 0.2) is 5.65 Å². The third-order valence-electron chi connectivity index (χ3n) is 3.73. The van der Waals surface area contributed by atoms with E-state index in [2.05, 4.69) is 20.4 Å². The first kappa shape index (κ1) is 15.4. The second-order valence-electron chi connectivity index (χ2n) is 5.34. The van der Waals surface area contributed by atoms with E-state index in [1.165, 1.54) is 0 Å². The zero-order valence-corrected chi connectivity index (χ0v) is 14.1. The maximum absolute atomic E-state index is 5.81. The lowest BCUT2D eigenvalue weighted by atomic mass is 10.1. The van der Waals surface area contributed by atoms with Crippen LogP contribution in [0, 0.1) is 0 Å². The van der Waals surface area contributed by atoms with Crippen molar-refractivity contribution in [3.8, 4) is 17.0 Å². The molecule has 0 saturated heterocycles. The Morgan fingerprint density at radius 2 is 1.88 bits per heavy atom. The molecule has 0 fully saturated rings. The Morgan fingerprint density at radius 3 is 2.60 bits per heavy atom. The molecule has 0 bridgehead atoms. The Balaban J connectivity index is 1.71. The number of nitrogens with one attached hydrogen (secondary N) is 1. The van der Waals surface area contributed by atoms with Gasteiger partial charge >= 0.3 is 0 Å². The summed E-state index contributed by atoms with van der Waals surface area (Å²) < 4.78 is 7.01. The number of benzene rings is 1. The first-order valence-corrected chi connectivity index (χ1v) is 7.99. The van der Waals surface area contributed by atoms with E-state index in [0.717, 1.165) is 28.3 Å². The highest BCUT2D eigenvalue weighted by Gasteiger charge is 2.09. The predicted octanol–water partition coefficient (Wildman–Crippen LogP) is 4.20. The first-order valence-electron chi connectivity index (χ1n) is 7.62. The van der Waals surface area contributed by atoms with Crippen LogP contribution in [0.4, 0.5) is 11.6 Å². The van der Waals surface area contributed by atoms with Crippen molar-refractivity contribution in [1.29, 1.82) is 0 Å². The minimum atomic E-state index is 0.440. The van der Waals surface area contributed by atoms with E-state index in [9.17, 15) is 0 Å². The van der Waals surface area contributed by atoms with E-state index in [1.807, 2.05) is 48.5 Å². The highest BCUT2D eigenvalue weighted by molar-refractivity contribution is 6.29. The minimum Gasteiger partial charge on any atom is -0.497 e. The normalized spacial score (nSPS) is 10.8. The van der Waals surface area contributed by atoms with Gasteiger partial charge in [-0.1, -0.05) is 17.7 Å². The summed E-state index contributed by atoms with van der Waals surface area (Å²) in [5, 5.41) is 8.13. The van der Waals surface area contributed by atoms with Crippen LogP contribution >= 0.6 is 11.6 Å². The average Bonchev–Trinajstić information content (AvgIpc) is 3.06. The molecule has 0 amide bonds. The van der Waals surface area contributed by atoms with E-state index in [1.54, 1.807) is 23.9 Å². The van der Waals surface area contributed by atoms with E-state index >= 15 is 0 Å². The zero-order chi connectivity index (χ0) is 17.2. The number of pyridine rings is 2. The van der Waals surface area contributed by atoms with Crippen molar-refractivity contribution in [3.63, 3.8) is 0 Å². The number of halogens is 1. The molecule has 0 aliphatic heterocycles. The number of methoxy groups -OCH3 is 1. The summed E-state index contributed by atoms with van der Waals surface area (Å²) in [6.45, 7) is 0. The molecule has 0 aliphatic carbocycles. The number of nitrogens with zero attached hydrogens (tertiary/aromatic N) is 4. The number of aromatic nitrogens is 4. The van der Waals surface area contributed by atoms with Crippen LogP contribution in [0.1, 0.15) is 0 Å². The summed E-state index contributed by atoms with van der Waals surface area (Å²) in [4.78, 5) is 8.54. The van der Waals surface area contributed by atoms with Gasteiger partial charge in [-0.25, -0.2) is 9.50 Å². The predicted molar refractivity (Wildman–Crippen MR) is 97.5 cm³/mol. The van der Waals surface area contributed by atoms with Gasteiger partial charge in [0.1, 0.15) is 10.9 Å². The van der Waals surface area contributed by atoms with Crippen LogP contribution in [0.3, 0.4) is 0 Å². The van der Waals surface area contributed by atoms with Crippen molar-refractivity contribution in [2.24, 2.45) is 0 Å². The van der Waals surface area contributed by atoms with Gasteiger partial charge in [0.25, 0.3) is 0 Å². The number of hydrogen-bond donors (Lipinski definition) is 1. The highest BCUT2D eigenvalue weighted by atomic mass is 35.5. The van der Waals surface area contributed by atoms with Gasteiger partial charge in [-0.3, -0.25) is 0 Å². The van der Waals surface area contributed by atoms with Crippen molar-refractivity contribution >= 4 is 28.9 Å². The summed E-state index contributed by atoms with van der Waals surface area (Å²) in [6.07, 6.45) is 1.64. The van der Waals surface area contributed by atoms with E-state index in [-0.39, 0.29) is 0 Å². The van der Waals surface area contributed by atoms with Crippen LogP contribution in [0.2, 0.25) is 5.15 Å². The Bertz CT molecular complexity index is 1010. The van der Waals surface area contributed by atoms with Gasteiger partial charge in [0.2, 0.25) is 5.95 Å². The van der Waals surface area contributed by atoms with Crippen molar-refractivity contribution in [1.82, 2.24) is 19.6 Å². The molecule has 0 atom stereocenters. The molecule has 124 valence electrons. The molecule has 4 aromatic rings. The number of hydrogen-bond acceptors (Lipinski definition) is 5. The molecule has 6 nitrogen and oxygen atoms in total. The van der Waals surface area contributed by atoms with Crippen LogP contribution in [0.25, 0.3) is 16.9 Å². The van der Waals surface area contributed by atoms with Crippen molar-refractivity contribution < 1.29 is 4.74 Å². The maximum atomic E-state index is 5.81. The number of fused-ring (bicyclic) bond motifs is 1. The summed E-state index contributed by atoms with van der Waals surface area (Å²) in [5.41, 5.74) is 3.48. The molecule has 0 saturated carbocycles. The fourth-order valence-corrected chi connectivity index (χ4v) is 2.63. The maximum Gasteiger partial charge on any atom is 0.247 e. The monoisotopic (exact) mass is 351 g/mol. The number of ether oxygens (including phenoxy) is 1. The standard InChI is InChI=1S/C18H14ClN5O/c1-25-14-8-5-12(6-9-14)15-3-2-4-17-22-18(23-24(15)17)21-13-7-10-16(19)20-11-13/h2-11H,1H3,(H,21,23). The topological polar surface area (TPSA) is 64.3 Å². The molecule has 0 radical (unpaired) electrons. The quantitative estimate of drug-likeness (QED) is 0.558. The van der Waals surface area contributed by atoms with Gasteiger partial charge < -0.3 is 10.1 Å². The molecule has 3 heterocycles. The fourth-order valence-electron chi connectivity index (χ4n) is 2.52. The molecule has 7 heteroatoms. The molecule has 0 aliphatic rings. The van der Waals surface area contributed by atoms with Gasteiger partial charge in [-0.2, -0.15) is 4.98 Å². The third kappa shape index (κ3) is 3.12. The molecule has 0 spiro atoms. The molecule has 3 aromatic heterocycles. The van der Waals surface area contributed by atoms with Crippen molar-refractivity contribution in [3.05, 3.63) is 65.9 Å². The number of rotatable bonds is 4. The van der Waals surface area contributed by atoms with Crippen LogP contribution < -0.4 is 10.1 Å². The van der Waals surface area contributed by atoms with E-state index < -0.39 is 0 Å². The third-order valence-corrected chi connectivity index (χ3v) is 3.95. The van der Waals surface area contributed by atoms with Crippen LogP contribution in [-0.4, -0.2) is 26.7 Å². The highest BCUT2D eigenvalue weighted by Crippen LogP contribution is 2.24. The molecular formula is C18H14ClN5O. The summed E-state index contributed by atoms with van der Waals surface area (Å²) in [6, 6.07) is 17.2. The van der Waals surface area contributed by atoms with Crippen molar-refractivity contribution in [2.45, 2.75) is 0 Å². The zero-order valence-electron chi connectivity index (χ0n) is 13.3. The minimum absolute atomic E-state index is 0.440. The second-order valence-corrected chi connectivity index (χ2v) is 5.73. The smallest absolute Gasteiger partial charge is 0.247 e. The van der Waals surface area contributed by atoms with Crippen LogP contribution in [0.5, 0.6) is 5.75 Å². The summed E-state index contributed by atoms with van der Waals surface area (Å²) in [7, 11) is 1.65. The Hall–Kier alpha value is -3.12. The lowest BCUT2D eigenvalue weighted by Crippen LogP contribution is -1.96. The lowest BCUT2D eigenvalue weighted by Gasteiger charge is -2.05. The largest absolute Gasteiger partial charge is 0.497 e. The average molecular weight is 352 g/mol. The van der Waals surface area contributed by atoms with Crippen LogP contribution in [0.15, 0.2) is 60.8 Å². The molecule has 4 rings (SSSR count). The molecule has 25 heavy (non-hydrogen) atoms. The SMILES string of the molecule is COc1ccc(-c2cccc3nc(Nc4ccc(Cl)nc4)nn23)cc1. The van der Waals surface area contributed by atoms with E-state index in [4.69, 9.17) is 16.3 Å². The van der Waals surface area contributed by atoms with Crippen molar-refractivity contribution in [2.75, 3.05) is 12.4 Å². The van der Waals surface area contributed by atoms with Gasteiger partial charge in [0, 0.05) is 5.56 Å². The molecule has 0 unspecified atom stereocenters. The molecule has 1 N–H and O–H groups in total. The van der Waals surface area contributed by atoms with E-state index in [0.29, 0.717) is 11.1 Å². The second kappa shape index (κ2) is 6.41. The molecule has 1 aromatic carbocycles. The Labute approximate surface area is 149 Å². The lowest BCUT2D eigenvalue weighted by molar-refractivity contribution is 0.415. The van der Waals surface area contributed by atoms with Gasteiger partial charge in [-0.15, -0.1) is 5.10 Å². The van der Waals surface area contributed by atoms with Gasteiger partial charge in [0.05, 0.1) is 24.7 Å². The summed E-state index contributed by atoms with van der Waals surface area (Å²) in [5.74, 6) is 1.30. The number of anilines is 2. The summed E-state index contributed by atoms with van der Waals surface area (Å²) >= 11 is 5.81. The van der Waals surface area contributed by atoms with Gasteiger partial charge in [-0.05, 0) is 48.5 Å².